The molecule has 0 bridgehead atoms. The fraction of sp³-hybridized carbons (Fsp3) is 0.381. The number of fused-ring (bicyclic) bond motifs is 1. The summed E-state index contributed by atoms with van der Waals surface area (Å²) in [6, 6.07) is 8.12. The molecular weight excluding hydrogens is 412 g/mol. The van der Waals surface area contributed by atoms with Crippen LogP contribution in [0.3, 0.4) is 0 Å². The number of aryl methyl sites for hydroxylation is 1. The van der Waals surface area contributed by atoms with Gasteiger partial charge < -0.3 is 10.2 Å². The second-order valence-electron chi connectivity index (χ2n) is 7.84. The Hall–Kier alpha value is -2.52. The van der Waals surface area contributed by atoms with Crippen LogP contribution < -0.4 is 10.0 Å². The second kappa shape index (κ2) is 7.96. The number of carbonyl (C=O) groups excluding carboxylic acids is 1. The van der Waals surface area contributed by atoms with Crippen LogP contribution in [0.4, 0.5) is 13.6 Å². The predicted octanol–water partition coefficient (Wildman–Crippen LogP) is 2.95. The van der Waals surface area contributed by atoms with E-state index in [0.29, 0.717) is 31.4 Å². The number of hydrogen-bond acceptors (Lipinski definition) is 3. The lowest BCUT2D eigenvalue weighted by molar-refractivity contribution is 0.203. The van der Waals surface area contributed by atoms with Crippen LogP contribution >= 0.6 is 0 Å². The molecular formula is C21H23F2N3O3S. The highest BCUT2D eigenvalue weighted by molar-refractivity contribution is 7.88. The first-order valence-corrected chi connectivity index (χ1v) is 11.7. The topological polar surface area (TPSA) is 78.5 Å². The number of halogens is 2. The molecule has 1 aliphatic carbocycles. The molecule has 2 atom stereocenters. The third kappa shape index (κ3) is 4.17. The summed E-state index contributed by atoms with van der Waals surface area (Å²) >= 11 is 0. The molecule has 6 nitrogen and oxygen atoms in total. The highest BCUT2D eigenvalue weighted by Gasteiger charge is 2.33. The normalized spacial score (nSPS) is 21.0. The molecule has 2 amide bonds. The van der Waals surface area contributed by atoms with Crippen LogP contribution in [0.2, 0.25) is 0 Å². The standard InChI is InChI=1S/C21H23F2N3O3S/c1-30(28,29)25-14-10-11-26(12-14)21(27)24-18-9-8-13-4-2-5-15(19(13)18)20-16(22)6-3-7-17(20)23/h2-7,14,18,25H,8-12H2,1H3,(H,24,27)/t14-,18+/m0/s1. The van der Waals surface area contributed by atoms with Crippen molar-refractivity contribution in [2.24, 2.45) is 0 Å². The molecule has 2 aromatic carbocycles. The highest BCUT2D eigenvalue weighted by Crippen LogP contribution is 2.40. The third-order valence-corrected chi connectivity index (χ3v) is 6.39. The van der Waals surface area contributed by atoms with E-state index >= 15 is 0 Å². The Balaban J connectivity index is 1.55. The van der Waals surface area contributed by atoms with E-state index < -0.39 is 21.7 Å². The first kappa shape index (κ1) is 20.7. The van der Waals surface area contributed by atoms with Gasteiger partial charge in [0.05, 0.1) is 17.9 Å². The summed E-state index contributed by atoms with van der Waals surface area (Å²) in [5.41, 5.74) is 2.05. The smallest absolute Gasteiger partial charge is 0.317 e. The van der Waals surface area contributed by atoms with Gasteiger partial charge in [-0.25, -0.2) is 26.7 Å². The van der Waals surface area contributed by atoms with Crippen molar-refractivity contribution in [1.82, 2.24) is 14.9 Å². The van der Waals surface area contributed by atoms with Crippen LogP contribution in [0.15, 0.2) is 36.4 Å². The van der Waals surface area contributed by atoms with Crippen LogP contribution in [-0.2, 0) is 16.4 Å². The van der Waals surface area contributed by atoms with Gasteiger partial charge in [0.15, 0.2) is 0 Å². The first-order valence-electron chi connectivity index (χ1n) is 9.82. The number of carbonyl (C=O) groups is 1. The van der Waals surface area contributed by atoms with Gasteiger partial charge in [-0.1, -0.05) is 24.3 Å². The predicted molar refractivity (Wildman–Crippen MR) is 109 cm³/mol. The van der Waals surface area contributed by atoms with E-state index in [1.54, 1.807) is 17.0 Å². The lowest BCUT2D eigenvalue weighted by atomic mass is 9.94. The largest absolute Gasteiger partial charge is 0.331 e. The minimum Gasteiger partial charge on any atom is -0.331 e. The number of rotatable bonds is 4. The zero-order valence-electron chi connectivity index (χ0n) is 16.5. The molecule has 160 valence electrons. The molecule has 2 N–H and O–H groups in total. The number of sulfonamides is 1. The zero-order valence-corrected chi connectivity index (χ0v) is 17.3. The van der Waals surface area contributed by atoms with Crippen molar-refractivity contribution in [3.63, 3.8) is 0 Å². The zero-order chi connectivity index (χ0) is 21.5. The van der Waals surface area contributed by atoms with Crippen LogP contribution in [0.1, 0.15) is 30.0 Å². The van der Waals surface area contributed by atoms with Crippen molar-refractivity contribution in [3.05, 3.63) is 59.2 Å². The number of benzene rings is 2. The van der Waals surface area contributed by atoms with Crippen molar-refractivity contribution in [2.75, 3.05) is 19.3 Å². The molecule has 0 unspecified atom stereocenters. The van der Waals surface area contributed by atoms with E-state index in [-0.39, 0.29) is 30.2 Å². The molecule has 0 aromatic heterocycles. The summed E-state index contributed by atoms with van der Waals surface area (Å²) < 4.78 is 54.2. The van der Waals surface area contributed by atoms with E-state index in [4.69, 9.17) is 0 Å². The Morgan fingerprint density at radius 1 is 1.10 bits per heavy atom. The van der Waals surface area contributed by atoms with Gasteiger partial charge in [0.1, 0.15) is 11.6 Å². The second-order valence-corrected chi connectivity index (χ2v) is 9.62. The van der Waals surface area contributed by atoms with E-state index in [9.17, 15) is 22.0 Å². The summed E-state index contributed by atoms with van der Waals surface area (Å²) in [6.45, 7) is 0.713. The molecule has 2 aromatic rings. The molecule has 2 aliphatic rings. The maximum Gasteiger partial charge on any atom is 0.317 e. The average Bonchev–Trinajstić information content (AvgIpc) is 3.28. The molecule has 9 heteroatoms. The SMILES string of the molecule is CS(=O)(=O)N[C@H]1CCN(C(=O)N[C@@H]2CCc3cccc(-c4c(F)cccc4F)c32)C1. The first-order chi connectivity index (χ1) is 14.2. The van der Waals surface area contributed by atoms with Crippen molar-refractivity contribution < 1.29 is 22.0 Å². The molecule has 30 heavy (non-hydrogen) atoms. The van der Waals surface area contributed by atoms with E-state index in [1.165, 1.54) is 18.2 Å². The average molecular weight is 435 g/mol. The highest BCUT2D eigenvalue weighted by atomic mass is 32.2. The van der Waals surface area contributed by atoms with Gasteiger partial charge in [-0.05, 0) is 48.1 Å². The number of hydrogen-bond donors (Lipinski definition) is 2. The summed E-state index contributed by atoms with van der Waals surface area (Å²) in [6.07, 6.45) is 2.96. The van der Waals surface area contributed by atoms with Crippen LogP contribution in [-0.4, -0.2) is 44.7 Å². The Kier molecular flexibility index (Phi) is 5.50. The summed E-state index contributed by atoms with van der Waals surface area (Å²) in [7, 11) is -3.34. The minimum atomic E-state index is -3.34. The van der Waals surface area contributed by atoms with Gasteiger partial charge >= 0.3 is 6.03 Å². The van der Waals surface area contributed by atoms with Crippen molar-refractivity contribution in [2.45, 2.75) is 31.3 Å². The lowest BCUT2D eigenvalue weighted by Crippen LogP contribution is -2.42. The Morgan fingerprint density at radius 3 is 2.50 bits per heavy atom. The maximum atomic E-state index is 14.4. The summed E-state index contributed by atoms with van der Waals surface area (Å²) in [5, 5.41) is 2.97. The van der Waals surface area contributed by atoms with E-state index in [1.807, 2.05) is 6.07 Å². The third-order valence-electron chi connectivity index (χ3n) is 5.63. The molecule has 0 radical (unpaired) electrons. The van der Waals surface area contributed by atoms with Gasteiger partial charge in [-0.15, -0.1) is 0 Å². The van der Waals surface area contributed by atoms with Crippen molar-refractivity contribution >= 4 is 16.1 Å². The fourth-order valence-electron chi connectivity index (χ4n) is 4.39. The Labute approximate surface area is 174 Å². The lowest BCUT2D eigenvalue weighted by Gasteiger charge is -2.23. The fourth-order valence-corrected chi connectivity index (χ4v) is 5.19. The molecule has 1 aliphatic heterocycles. The quantitative estimate of drug-likeness (QED) is 0.775. The van der Waals surface area contributed by atoms with Gasteiger partial charge in [-0.3, -0.25) is 0 Å². The Morgan fingerprint density at radius 2 is 1.80 bits per heavy atom. The number of nitrogens with one attached hydrogen (secondary N) is 2. The Bertz CT molecular complexity index is 1070. The van der Waals surface area contributed by atoms with E-state index in [2.05, 4.69) is 10.0 Å². The minimum absolute atomic E-state index is 0.0888. The van der Waals surface area contributed by atoms with Crippen LogP contribution in [0.5, 0.6) is 0 Å². The van der Waals surface area contributed by atoms with E-state index in [0.717, 1.165) is 17.4 Å². The number of likely N-dealkylation sites (tertiary alicyclic amines) is 1. The summed E-state index contributed by atoms with van der Waals surface area (Å²) in [5.74, 6) is -1.29. The van der Waals surface area contributed by atoms with Crippen molar-refractivity contribution in [1.29, 1.82) is 0 Å². The van der Waals surface area contributed by atoms with Gasteiger partial charge in [0.25, 0.3) is 0 Å². The number of amides is 2. The van der Waals surface area contributed by atoms with Crippen molar-refractivity contribution in [3.8, 4) is 11.1 Å². The van der Waals surface area contributed by atoms with Gasteiger partial charge in [0.2, 0.25) is 10.0 Å². The molecule has 1 saturated heterocycles. The maximum absolute atomic E-state index is 14.4. The molecule has 0 saturated carbocycles. The van der Waals surface area contributed by atoms with Crippen LogP contribution in [0.25, 0.3) is 11.1 Å². The molecule has 4 rings (SSSR count). The number of nitrogens with zero attached hydrogens (tertiary/aromatic N) is 1. The summed E-state index contributed by atoms with van der Waals surface area (Å²) in [4.78, 5) is 14.4. The molecule has 0 spiro atoms. The van der Waals surface area contributed by atoms with Gasteiger partial charge in [-0.2, -0.15) is 0 Å². The monoisotopic (exact) mass is 435 g/mol. The molecule has 1 heterocycles. The van der Waals surface area contributed by atoms with Crippen LogP contribution in [0, 0.1) is 11.6 Å². The van der Waals surface area contributed by atoms with Gasteiger partial charge in [0, 0.05) is 19.1 Å². The molecule has 1 fully saturated rings. The number of urea groups is 1.